The molecule has 1 heterocycles. The molecule has 0 aromatic heterocycles. The van der Waals surface area contributed by atoms with E-state index in [2.05, 4.69) is 0 Å². The van der Waals surface area contributed by atoms with E-state index in [1.54, 1.807) is 7.11 Å². The van der Waals surface area contributed by atoms with Crippen molar-refractivity contribution < 1.29 is 14.3 Å². The van der Waals surface area contributed by atoms with Crippen molar-refractivity contribution in [1.82, 2.24) is 0 Å². The third-order valence-electron chi connectivity index (χ3n) is 2.60. The van der Waals surface area contributed by atoms with E-state index in [-0.39, 0.29) is 18.0 Å². The lowest BCUT2D eigenvalue weighted by atomic mass is 10.1. The highest BCUT2D eigenvalue weighted by molar-refractivity contribution is 5.85. The number of carbonyl (C=O) groups excluding carboxylic acids is 1. The summed E-state index contributed by atoms with van der Waals surface area (Å²) in [5.41, 5.74) is 1.04. The monoisotopic (exact) mass is 206 g/mol. The highest BCUT2D eigenvalue weighted by Gasteiger charge is 2.44. The number of carbonyl (C=O) groups is 1. The van der Waals surface area contributed by atoms with Crippen LogP contribution in [-0.2, 0) is 9.53 Å². The number of hydrogen-bond acceptors (Lipinski definition) is 3. The Morgan fingerprint density at radius 2 is 2.07 bits per heavy atom. The normalized spacial score (nSPS) is 23.6. The van der Waals surface area contributed by atoms with Gasteiger partial charge in [0.15, 0.2) is 5.78 Å². The molecule has 0 amide bonds. The van der Waals surface area contributed by atoms with E-state index in [1.165, 1.54) is 0 Å². The molecule has 3 heteroatoms. The second-order valence-corrected chi connectivity index (χ2v) is 3.57. The van der Waals surface area contributed by atoms with Crippen LogP contribution in [0, 0.1) is 0 Å². The fraction of sp³-hybridized carbons (Fsp3) is 0.417. The summed E-state index contributed by atoms with van der Waals surface area (Å²) in [6, 6.07) is 7.63. The molecule has 0 spiro atoms. The van der Waals surface area contributed by atoms with Gasteiger partial charge in [0, 0.05) is 6.42 Å². The molecule has 3 nitrogen and oxygen atoms in total. The minimum Gasteiger partial charge on any atom is -0.497 e. The molecule has 15 heavy (non-hydrogen) atoms. The number of ether oxygens (including phenoxy) is 2. The summed E-state index contributed by atoms with van der Waals surface area (Å²) in [4.78, 5) is 11.3. The number of hydrogen-bond donors (Lipinski definition) is 0. The van der Waals surface area contributed by atoms with Crippen molar-refractivity contribution in [2.24, 2.45) is 0 Å². The molecule has 1 aromatic carbocycles. The van der Waals surface area contributed by atoms with Crippen molar-refractivity contribution >= 4 is 5.78 Å². The van der Waals surface area contributed by atoms with Gasteiger partial charge in [0.25, 0.3) is 0 Å². The Labute approximate surface area is 89.0 Å². The third-order valence-corrected chi connectivity index (χ3v) is 2.60. The van der Waals surface area contributed by atoms with Gasteiger partial charge >= 0.3 is 0 Å². The van der Waals surface area contributed by atoms with Crippen LogP contribution in [0.25, 0.3) is 0 Å². The lowest BCUT2D eigenvalue weighted by Crippen LogP contribution is -2.05. The van der Waals surface area contributed by atoms with Crippen molar-refractivity contribution in [2.75, 3.05) is 7.11 Å². The molecule has 1 aromatic rings. The van der Waals surface area contributed by atoms with Gasteiger partial charge in [0.2, 0.25) is 0 Å². The van der Waals surface area contributed by atoms with Crippen LogP contribution in [0.5, 0.6) is 5.75 Å². The van der Waals surface area contributed by atoms with Gasteiger partial charge in [0.05, 0.1) is 7.11 Å². The lowest BCUT2D eigenvalue weighted by molar-refractivity contribution is -0.119. The van der Waals surface area contributed by atoms with Crippen molar-refractivity contribution in [1.29, 1.82) is 0 Å². The van der Waals surface area contributed by atoms with Gasteiger partial charge < -0.3 is 9.47 Å². The Bertz CT molecular complexity index is 356. The first-order valence-electron chi connectivity index (χ1n) is 5.08. The Kier molecular flexibility index (Phi) is 2.73. The molecule has 1 aliphatic heterocycles. The van der Waals surface area contributed by atoms with Crippen LogP contribution in [0.15, 0.2) is 24.3 Å². The second kappa shape index (κ2) is 4.03. The highest BCUT2D eigenvalue weighted by atomic mass is 16.6. The summed E-state index contributed by atoms with van der Waals surface area (Å²) in [5, 5.41) is 0. The zero-order valence-corrected chi connectivity index (χ0v) is 8.90. The van der Waals surface area contributed by atoms with Gasteiger partial charge in [-0.3, -0.25) is 4.79 Å². The van der Waals surface area contributed by atoms with Crippen molar-refractivity contribution in [3.8, 4) is 5.75 Å². The van der Waals surface area contributed by atoms with Gasteiger partial charge in [-0.25, -0.2) is 0 Å². The molecule has 0 radical (unpaired) electrons. The summed E-state index contributed by atoms with van der Waals surface area (Å²) in [7, 11) is 1.63. The Morgan fingerprint density at radius 3 is 2.60 bits per heavy atom. The van der Waals surface area contributed by atoms with Crippen LogP contribution < -0.4 is 4.74 Å². The smallest absolute Gasteiger partial charge is 0.164 e. The maximum Gasteiger partial charge on any atom is 0.164 e. The molecule has 1 aliphatic rings. The third kappa shape index (κ3) is 2.02. The number of methoxy groups -OCH3 is 1. The van der Waals surface area contributed by atoms with Crippen LogP contribution in [-0.4, -0.2) is 19.0 Å². The Hall–Kier alpha value is -1.35. The summed E-state index contributed by atoms with van der Waals surface area (Å²) in [6.07, 6.45) is 0.281. The second-order valence-electron chi connectivity index (χ2n) is 3.57. The summed E-state index contributed by atoms with van der Waals surface area (Å²) < 4.78 is 10.4. The van der Waals surface area contributed by atoms with Crippen molar-refractivity contribution in [2.45, 2.75) is 25.6 Å². The lowest BCUT2D eigenvalue weighted by Gasteiger charge is -2.00. The number of ketones is 1. The average Bonchev–Trinajstić information content (AvgIpc) is 3.08. The molecule has 80 valence electrons. The number of rotatable bonds is 4. The summed E-state index contributed by atoms with van der Waals surface area (Å²) >= 11 is 0. The average molecular weight is 206 g/mol. The predicted octanol–water partition coefficient (Wildman–Crippen LogP) is 2.11. The molecule has 2 unspecified atom stereocenters. The SMILES string of the molecule is CCC(=O)C1OC1c1ccc(OC)cc1. The molecular formula is C12H14O3. The fourth-order valence-corrected chi connectivity index (χ4v) is 1.61. The molecule has 0 N–H and O–H groups in total. The number of epoxide rings is 1. The molecule has 2 rings (SSSR count). The van der Waals surface area contributed by atoms with E-state index < -0.39 is 0 Å². The van der Waals surface area contributed by atoms with Gasteiger partial charge in [-0.15, -0.1) is 0 Å². The topological polar surface area (TPSA) is 38.8 Å². The standard InChI is InChI=1S/C12H14O3/c1-3-10(13)12-11(15-12)8-4-6-9(14-2)7-5-8/h4-7,11-12H,3H2,1-2H3. The van der Waals surface area contributed by atoms with Crippen LogP contribution in [0.4, 0.5) is 0 Å². The van der Waals surface area contributed by atoms with Gasteiger partial charge in [-0.05, 0) is 17.7 Å². The quantitative estimate of drug-likeness (QED) is 0.708. The van der Waals surface area contributed by atoms with Gasteiger partial charge in [-0.1, -0.05) is 19.1 Å². The Balaban J connectivity index is 2.04. The molecular weight excluding hydrogens is 192 g/mol. The molecule has 2 atom stereocenters. The first-order chi connectivity index (χ1) is 7.26. The molecule has 0 aliphatic carbocycles. The first-order valence-corrected chi connectivity index (χ1v) is 5.08. The van der Waals surface area contributed by atoms with Crippen LogP contribution in [0.2, 0.25) is 0 Å². The first kappa shape index (κ1) is 10.2. The maximum atomic E-state index is 11.3. The van der Waals surface area contributed by atoms with Crippen molar-refractivity contribution in [3.63, 3.8) is 0 Å². The largest absolute Gasteiger partial charge is 0.497 e. The van der Waals surface area contributed by atoms with E-state index in [0.717, 1.165) is 11.3 Å². The minimum absolute atomic E-state index is 0.0386. The number of benzene rings is 1. The molecule has 0 bridgehead atoms. The fourth-order valence-electron chi connectivity index (χ4n) is 1.61. The highest BCUT2D eigenvalue weighted by Crippen LogP contribution is 2.40. The molecule has 1 saturated heterocycles. The maximum absolute atomic E-state index is 11.3. The van der Waals surface area contributed by atoms with Gasteiger partial charge in [-0.2, -0.15) is 0 Å². The van der Waals surface area contributed by atoms with Crippen LogP contribution >= 0.6 is 0 Å². The van der Waals surface area contributed by atoms with Gasteiger partial charge in [0.1, 0.15) is 18.0 Å². The zero-order chi connectivity index (χ0) is 10.8. The summed E-state index contributed by atoms with van der Waals surface area (Å²) in [5.74, 6) is 0.994. The van der Waals surface area contributed by atoms with E-state index >= 15 is 0 Å². The Morgan fingerprint density at radius 1 is 1.40 bits per heavy atom. The van der Waals surface area contributed by atoms with Crippen LogP contribution in [0.3, 0.4) is 0 Å². The predicted molar refractivity (Wildman–Crippen MR) is 55.9 cm³/mol. The van der Waals surface area contributed by atoms with E-state index in [1.807, 2.05) is 31.2 Å². The van der Waals surface area contributed by atoms with E-state index in [4.69, 9.17) is 9.47 Å². The van der Waals surface area contributed by atoms with Crippen LogP contribution in [0.1, 0.15) is 25.0 Å². The molecule has 1 fully saturated rings. The minimum atomic E-state index is -0.219. The summed E-state index contributed by atoms with van der Waals surface area (Å²) in [6.45, 7) is 1.86. The zero-order valence-electron chi connectivity index (χ0n) is 8.90. The number of Topliss-reactive ketones (excluding diaryl/α,β-unsaturated/α-hetero) is 1. The van der Waals surface area contributed by atoms with Crippen molar-refractivity contribution in [3.05, 3.63) is 29.8 Å². The van der Waals surface area contributed by atoms with E-state index in [9.17, 15) is 4.79 Å². The van der Waals surface area contributed by atoms with E-state index in [0.29, 0.717) is 6.42 Å². The molecule has 0 saturated carbocycles.